The van der Waals surface area contributed by atoms with Crippen LogP contribution < -0.4 is 10.5 Å². The summed E-state index contributed by atoms with van der Waals surface area (Å²) in [7, 11) is -1.33. The number of nitrogens with zero attached hydrogens (tertiary/aromatic N) is 1. The zero-order chi connectivity index (χ0) is 15.5. The van der Waals surface area contributed by atoms with Gasteiger partial charge in [0.2, 0.25) is 10.0 Å². The van der Waals surface area contributed by atoms with E-state index in [4.69, 9.17) is 5.73 Å². The second kappa shape index (κ2) is 6.87. The highest BCUT2D eigenvalue weighted by atomic mass is 32.2. The Morgan fingerprint density at radius 3 is 2.57 bits per heavy atom. The predicted octanol–water partition coefficient (Wildman–Crippen LogP) is 1.07. The molecule has 0 atom stereocenters. The van der Waals surface area contributed by atoms with Crippen molar-refractivity contribution in [2.75, 3.05) is 26.7 Å². The van der Waals surface area contributed by atoms with Gasteiger partial charge < -0.3 is 10.6 Å². The van der Waals surface area contributed by atoms with Crippen LogP contribution in [0, 0.1) is 12.8 Å². The predicted molar refractivity (Wildman–Crippen MR) is 84.5 cm³/mol. The van der Waals surface area contributed by atoms with E-state index in [-0.39, 0.29) is 0 Å². The summed E-state index contributed by atoms with van der Waals surface area (Å²) in [5.41, 5.74) is 7.50. The van der Waals surface area contributed by atoms with Crippen molar-refractivity contribution in [3.63, 3.8) is 0 Å². The van der Waals surface area contributed by atoms with E-state index in [1.54, 1.807) is 18.2 Å². The molecule has 5 nitrogen and oxygen atoms in total. The fourth-order valence-corrected chi connectivity index (χ4v) is 3.84. The maximum Gasteiger partial charge on any atom is 0.240 e. The van der Waals surface area contributed by atoms with E-state index < -0.39 is 10.0 Å². The van der Waals surface area contributed by atoms with Gasteiger partial charge in [-0.05, 0) is 69.1 Å². The lowest BCUT2D eigenvalue weighted by Gasteiger charge is -2.28. The van der Waals surface area contributed by atoms with Crippen molar-refractivity contribution in [2.24, 2.45) is 11.7 Å². The van der Waals surface area contributed by atoms with E-state index in [2.05, 4.69) is 16.7 Å². The molecule has 1 heterocycles. The molecule has 0 amide bonds. The molecule has 0 aromatic heterocycles. The third kappa shape index (κ3) is 4.26. The van der Waals surface area contributed by atoms with Crippen LogP contribution in [0.15, 0.2) is 23.1 Å². The molecule has 118 valence electrons. The fraction of sp³-hybridized carbons (Fsp3) is 0.600. The molecule has 1 aliphatic rings. The van der Waals surface area contributed by atoms with Gasteiger partial charge in [0.15, 0.2) is 0 Å². The van der Waals surface area contributed by atoms with E-state index in [1.165, 1.54) is 0 Å². The molecule has 1 aromatic rings. The topological polar surface area (TPSA) is 75.4 Å². The number of likely N-dealkylation sites (tertiary alicyclic amines) is 1. The third-order valence-corrected chi connectivity index (χ3v) is 5.67. The molecule has 0 radical (unpaired) electrons. The minimum absolute atomic E-state index is 0.324. The number of hydrogen-bond donors (Lipinski definition) is 2. The summed E-state index contributed by atoms with van der Waals surface area (Å²) < 4.78 is 27.4. The lowest BCUT2D eigenvalue weighted by atomic mass is 9.98. The SMILES string of the molecule is Cc1cc(S(=O)(=O)NCC2CCN(C)CC2)ccc1CN. The first-order chi connectivity index (χ1) is 9.92. The maximum absolute atomic E-state index is 12.3. The highest BCUT2D eigenvalue weighted by Gasteiger charge is 2.20. The summed E-state index contributed by atoms with van der Waals surface area (Å²) in [6, 6.07) is 5.12. The van der Waals surface area contributed by atoms with Gasteiger partial charge >= 0.3 is 0 Å². The van der Waals surface area contributed by atoms with Gasteiger partial charge in [-0.15, -0.1) is 0 Å². The van der Waals surface area contributed by atoms with E-state index in [0.717, 1.165) is 37.1 Å². The molecule has 1 saturated heterocycles. The Hall–Kier alpha value is -0.950. The fourth-order valence-electron chi connectivity index (χ4n) is 2.64. The van der Waals surface area contributed by atoms with Crippen LogP contribution in [0.5, 0.6) is 0 Å². The number of hydrogen-bond acceptors (Lipinski definition) is 4. The smallest absolute Gasteiger partial charge is 0.240 e. The first-order valence-corrected chi connectivity index (χ1v) is 8.88. The number of nitrogens with one attached hydrogen (secondary N) is 1. The highest BCUT2D eigenvalue weighted by Crippen LogP contribution is 2.18. The van der Waals surface area contributed by atoms with Crippen LogP contribution in [0.4, 0.5) is 0 Å². The number of rotatable bonds is 5. The minimum atomic E-state index is -3.43. The van der Waals surface area contributed by atoms with Crippen molar-refractivity contribution >= 4 is 10.0 Å². The monoisotopic (exact) mass is 311 g/mol. The van der Waals surface area contributed by atoms with Gasteiger partial charge in [-0.25, -0.2) is 13.1 Å². The summed E-state index contributed by atoms with van der Waals surface area (Å²) in [5, 5.41) is 0. The molecule has 0 saturated carbocycles. The summed E-state index contributed by atoms with van der Waals surface area (Å²) in [6.45, 7) is 4.91. The zero-order valence-electron chi connectivity index (χ0n) is 12.8. The Labute approximate surface area is 127 Å². The van der Waals surface area contributed by atoms with Gasteiger partial charge in [0.1, 0.15) is 0 Å². The Kier molecular flexibility index (Phi) is 5.37. The van der Waals surface area contributed by atoms with E-state index in [0.29, 0.717) is 23.9 Å². The molecule has 0 bridgehead atoms. The van der Waals surface area contributed by atoms with Gasteiger partial charge in [-0.1, -0.05) is 6.07 Å². The summed E-state index contributed by atoms with van der Waals surface area (Å²) >= 11 is 0. The average molecular weight is 311 g/mol. The van der Waals surface area contributed by atoms with Crippen molar-refractivity contribution in [2.45, 2.75) is 31.2 Å². The second-order valence-electron chi connectivity index (χ2n) is 5.89. The highest BCUT2D eigenvalue weighted by molar-refractivity contribution is 7.89. The first kappa shape index (κ1) is 16.4. The maximum atomic E-state index is 12.3. The molecule has 2 rings (SSSR count). The molecule has 1 aliphatic heterocycles. The van der Waals surface area contributed by atoms with Gasteiger partial charge in [-0.3, -0.25) is 0 Å². The van der Waals surface area contributed by atoms with E-state index in [9.17, 15) is 8.42 Å². The Bertz CT molecular complexity index is 579. The molecule has 0 aliphatic carbocycles. The minimum Gasteiger partial charge on any atom is -0.326 e. The van der Waals surface area contributed by atoms with Crippen LogP contribution in [-0.4, -0.2) is 40.0 Å². The van der Waals surface area contributed by atoms with Crippen LogP contribution in [0.3, 0.4) is 0 Å². The first-order valence-electron chi connectivity index (χ1n) is 7.40. The second-order valence-corrected chi connectivity index (χ2v) is 7.66. The number of aryl methyl sites for hydroxylation is 1. The van der Waals surface area contributed by atoms with Crippen molar-refractivity contribution in [3.8, 4) is 0 Å². The lowest BCUT2D eigenvalue weighted by molar-refractivity contribution is 0.220. The summed E-state index contributed by atoms with van der Waals surface area (Å²) in [6.07, 6.45) is 2.09. The number of benzene rings is 1. The van der Waals surface area contributed by atoms with Crippen LogP contribution >= 0.6 is 0 Å². The quantitative estimate of drug-likeness (QED) is 0.853. The number of sulfonamides is 1. The largest absolute Gasteiger partial charge is 0.326 e. The summed E-state index contributed by atoms with van der Waals surface area (Å²) in [4.78, 5) is 2.60. The zero-order valence-corrected chi connectivity index (χ0v) is 13.6. The molecular weight excluding hydrogens is 286 g/mol. The van der Waals surface area contributed by atoms with E-state index in [1.807, 2.05) is 6.92 Å². The molecule has 3 N–H and O–H groups in total. The normalized spacial score (nSPS) is 18.0. The Morgan fingerprint density at radius 1 is 1.33 bits per heavy atom. The molecule has 6 heteroatoms. The Balaban J connectivity index is 2.00. The van der Waals surface area contributed by atoms with Crippen LogP contribution in [0.2, 0.25) is 0 Å². The molecule has 1 fully saturated rings. The van der Waals surface area contributed by atoms with Crippen molar-refractivity contribution in [1.29, 1.82) is 0 Å². The molecule has 0 unspecified atom stereocenters. The van der Waals surface area contributed by atoms with Gasteiger partial charge in [0.05, 0.1) is 4.90 Å². The van der Waals surface area contributed by atoms with Crippen LogP contribution in [-0.2, 0) is 16.6 Å². The standard InChI is InChI=1S/C15H25N3O2S/c1-12-9-15(4-3-14(12)10-16)21(19,20)17-11-13-5-7-18(2)8-6-13/h3-4,9,13,17H,5-8,10-11,16H2,1-2H3. The number of piperidine rings is 1. The molecule has 21 heavy (non-hydrogen) atoms. The van der Waals surface area contributed by atoms with Crippen molar-refractivity contribution in [3.05, 3.63) is 29.3 Å². The summed E-state index contributed by atoms with van der Waals surface area (Å²) in [5.74, 6) is 0.431. The molecule has 0 spiro atoms. The van der Waals surface area contributed by atoms with Gasteiger partial charge in [0, 0.05) is 13.1 Å². The number of nitrogens with two attached hydrogens (primary N) is 1. The molecule has 1 aromatic carbocycles. The van der Waals surface area contributed by atoms with Crippen LogP contribution in [0.1, 0.15) is 24.0 Å². The Morgan fingerprint density at radius 2 is 2.00 bits per heavy atom. The van der Waals surface area contributed by atoms with Gasteiger partial charge in [-0.2, -0.15) is 0 Å². The van der Waals surface area contributed by atoms with Gasteiger partial charge in [0.25, 0.3) is 0 Å². The van der Waals surface area contributed by atoms with E-state index >= 15 is 0 Å². The molecular formula is C15H25N3O2S. The van der Waals surface area contributed by atoms with Crippen molar-refractivity contribution < 1.29 is 8.42 Å². The van der Waals surface area contributed by atoms with Crippen molar-refractivity contribution in [1.82, 2.24) is 9.62 Å². The lowest BCUT2D eigenvalue weighted by Crippen LogP contribution is -2.36. The third-order valence-electron chi connectivity index (χ3n) is 4.24. The van der Waals surface area contributed by atoms with Crippen LogP contribution in [0.25, 0.3) is 0 Å². The average Bonchev–Trinajstić information content (AvgIpc) is 2.46.